The Kier molecular flexibility index (Phi) is 7.20. The molecule has 1 N–H and O–H groups in total. The molecule has 37 heavy (non-hydrogen) atoms. The summed E-state index contributed by atoms with van der Waals surface area (Å²) in [6.07, 6.45) is -0.688. The number of allylic oxidation sites excluding steroid dienone is 1. The molecule has 2 amide bonds. The van der Waals surface area contributed by atoms with Crippen molar-refractivity contribution in [2.24, 2.45) is 11.3 Å². The van der Waals surface area contributed by atoms with Crippen molar-refractivity contribution in [2.75, 3.05) is 6.54 Å². The third-order valence-corrected chi connectivity index (χ3v) is 7.50. The number of rotatable bonds is 6. The topological polar surface area (TPSA) is 75.7 Å². The summed E-state index contributed by atoms with van der Waals surface area (Å²) in [6, 6.07) is 5.66. The van der Waals surface area contributed by atoms with Gasteiger partial charge in [-0.05, 0) is 68.7 Å². The summed E-state index contributed by atoms with van der Waals surface area (Å²) in [5.74, 6) is -2.59. The van der Waals surface area contributed by atoms with E-state index in [0.29, 0.717) is 5.75 Å². The molecular weight excluding hydrogens is 485 g/mol. The summed E-state index contributed by atoms with van der Waals surface area (Å²) >= 11 is 0. The van der Waals surface area contributed by atoms with Crippen molar-refractivity contribution in [3.05, 3.63) is 41.1 Å². The first-order valence-electron chi connectivity index (χ1n) is 13.0. The Labute approximate surface area is 215 Å². The van der Waals surface area contributed by atoms with E-state index in [1.807, 2.05) is 33.0 Å². The first kappa shape index (κ1) is 27.2. The zero-order chi connectivity index (χ0) is 27.2. The van der Waals surface area contributed by atoms with E-state index >= 15 is 0 Å². The van der Waals surface area contributed by atoms with E-state index in [4.69, 9.17) is 4.74 Å². The van der Waals surface area contributed by atoms with Gasteiger partial charge in [-0.3, -0.25) is 14.4 Å². The molecule has 202 valence electrons. The average Bonchev–Trinajstić information content (AvgIpc) is 3.02. The van der Waals surface area contributed by atoms with Crippen molar-refractivity contribution in [3.8, 4) is 5.75 Å². The Bertz CT molecular complexity index is 1100. The van der Waals surface area contributed by atoms with Gasteiger partial charge in [-0.25, -0.2) is 0 Å². The van der Waals surface area contributed by atoms with E-state index < -0.39 is 40.3 Å². The van der Waals surface area contributed by atoms with Gasteiger partial charge in [-0.1, -0.05) is 33.1 Å². The van der Waals surface area contributed by atoms with Gasteiger partial charge in [-0.2, -0.15) is 13.2 Å². The average molecular weight is 521 g/mol. The minimum Gasteiger partial charge on any atom is -0.491 e. The number of carbonyl (C=O) groups excluding carboxylic acids is 3. The Hall–Kier alpha value is -2.84. The predicted molar refractivity (Wildman–Crippen MR) is 132 cm³/mol. The molecule has 0 bridgehead atoms. The molecule has 4 rings (SSSR count). The Morgan fingerprint density at radius 1 is 1.08 bits per heavy atom. The molecule has 1 aromatic rings. The van der Waals surface area contributed by atoms with Crippen molar-refractivity contribution in [1.29, 1.82) is 0 Å². The Morgan fingerprint density at radius 3 is 2.27 bits per heavy atom. The van der Waals surface area contributed by atoms with E-state index in [1.165, 1.54) is 24.3 Å². The molecule has 9 heteroatoms. The van der Waals surface area contributed by atoms with Crippen LogP contribution in [-0.2, 0) is 9.59 Å². The minimum atomic E-state index is -5.21. The van der Waals surface area contributed by atoms with Gasteiger partial charge in [0.15, 0.2) is 5.78 Å². The molecule has 2 aliphatic carbocycles. The second kappa shape index (κ2) is 9.80. The molecule has 6 nitrogen and oxygen atoms in total. The van der Waals surface area contributed by atoms with Gasteiger partial charge in [0.1, 0.15) is 5.75 Å². The number of Topliss-reactive ketones (excluding diaryl/α,β-unsaturated/α-hetero) is 1. The zero-order valence-electron chi connectivity index (χ0n) is 21.8. The normalized spacial score (nSPS) is 24.5. The van der Waals surface area contributed by atoms with Gasteiger partial charge in [0, 0.05) is 24.2 Å². The first-order chi connectivity index (χ1) is 17.2. The summed E-state index contributed by atoms with van der Waals surface area (Å²) in [5, 5.41) is 2.01. The number of halogens is 3. The SMILES string of the molecule is CC(C)Oc1ccc(C(=O)NC2(C(F)(F)F)C(=O)N(CC3CCCCC3)C3=C2C(=O)CC(C)(C)C3)cc1. The first-order valence-corrected chi connectivity index (χ1v) is 13.0. The van der Waals surface area contributed by atoms with Crippen LogP contribution in [0.1, 0.15) is 83.0 Å². The standard InChI is InChI=1S/C28H35F3N2O4/c1-17(2)37-20-12-10-19(11-13-20)24(35)32-27(28(29,30)31)23-21(14-26(3,4)15-22(23)34)33(25(27)36)16-18-8-6-5-7-9-18/h10-13,17-18H,5-9,14-16H2,1-4H3,(H,32,35). The van der Waals surface area contributed by atoms with Crippen molar-refractivity contribution in [1.82, 2.24) is 10.2 Å². The summed E-state index contributed by atoms with van der Waals surface area (Å²) in [7, 11) is 0. The van der Waals surface area contributed by atoms with E-state index in [1.54, 1.807) is 0 Å². The smallest absolute Gasteiger partial charge is 0.425 e. The number of benzene rings is 1. The third-order valence-electron chi connectivity index (χ3n) is 7.50. The molecule has 1 unspecified atom stereocenters. The monoisotopic (exact) mass is 520 g/mol. The maximum absolute atomic E-state index is 15.0. The number of nitrogens with one attached hydrogen (secondary N) is 1. The molecule has 1 saturated carbocycles. The van der Waals surface area contributed by atoms with Crippen LogP contribution < -0.4 is 10.1 Å². The number of amides is 2. The van der Waals surface area contributed by atoms with Crippen LogP contribution in [-0.4, -0.2) is 46.9 Å². The number of carbonyl (C=O) groups is 3. The van der Waals surface area contributed by atoms with Crippen molar-refractivity contribution < 1.29 is 32.3 Å². The maximum Gasteiger partial charge on any atom is 0.425 e. The Balaban J connectivity index is 1.75. The fourth-order valence-electron chi connectivity index (χ4n) is 5.85. The van der Waals surface area contributed by atoms with Crippen LogP contribution in [0.4, 0.5) is 13.2 Å². The fourth-order valence-corrected chi connectivity index (χ4v) is 5.85. The lowest BCUT2D eigenvalue weighted by molar-refractivity contribution is -0.190. The number of hydrogen-bond acceptors (Lipinski definition) is 4. The molecule has 1 aliphatic heterocycles. The minimum absolute atomic E-state index is 0.0554. The van der Waals surface area contributed by atoms with Gasteiger partial charge >= 0.3 is 6.18 Å². The summed E-state index contributed by atoms with van der Waals surface area (Å²) in [4.78, 5) is 41.4. The van der Waals surface area contributed by atoms with Gasteiger partial charge in [-0.15, -0.1) is 0 Å². The van der Waals surface area contributed by atoms with Crippen LogP contribution in [0.3, 0.4) is 0 Å². The zero-order valence-corrected chi connectivity index (χ0v) is 21.8. The fraction of sp³-hybridized carbons (Fsp3) is 0.607. The lowest BCUT2D eigenvalue weighted by Crippen LogP contribution is -2.66. The number of ether oxygens (including phenoxy) is 1. The van der Waals surface area contributed by atoms with Crippen LogP contribution in [0.2, 0.25) is 0 Å². The molecule has 0 radical (unpaired) electrons. The molecule has 3 aliphatic rings. The maximum atomic E-state index is 15.0. The number of hydrogen-bond donors (Lipinski definition) is 1. The number of nitrogens with zero attached hydrogens (tertiary/aromatic N) is 1. The van der Waals surface area contributed by atoms with Crippen molar-refractivity contribution >= 4 is 17.6 Å². The number of alkyl halides is 3. The van der Waals surface area contributed by atoms with Crippen LogP contribution in [0.15, 0.2) is 35.5 Å². The van der Waals surface area contributed by atoms with Crippen LogP contribution in [0.5, 0.6) is 5.75 Å². The summed E-state index contributed by atoms with van der Waals surface area (Å²) in [6.45, 7) is 7.39. The van der Waals surface area contributed by atoms with Crippen LogP contribution in [0.25, 0.3) is 0 Å². The van der Waals surface area contributed by atoms with E-state index in [9.17, 15) is 27.6 Å². The third kappa shape index (κ3) is 5.14. The molecule has 1 heterocycles. The molecule has 1 fully saturated rings. The molecular formula is C28H35F3N2O4. The van der Waals surface area contributed by atoms with Gasteiger partial charge in [0.05, 0.1) is 11.7 Å². The highest BCUT2D eigenvalue weighted by atomic mass is 19.4. The highest BCUT2D eigenvalue weighted by Crippen LogP contribution is 2.52. The molecule has 0 saturated heterocycles. The van der Waals surface area contributed by atoms with Gasteiger partial charge < -0.3 is 15.0 Å². The highest BCUT2D eigenvalue weighted by Gasteiger charge is 2.71. The largest absolute Gasteiger partial charge is 0.491 e. The van der Waals surface area contributed by atoms with E-state index in [0.717, 1.165) is 37.0 Å². The lowest BCUT2D eigenvalue weighted by atomic mass is 9.72. The second-order valence-corrected chi connectivity index (χ2v) is 11.6. The Morgan fingerprint density at radius 2 is 1.70 bits per heavy atom. The molecule has 0 aromatic heterocycles. The predicted octanol–water partition coefficient (Wildman–Crippen LogP) is 5.57. The summed E-state index contributed by atoms with van der Waals surface area (Å²) in [5.41, 5.74) is -4.58. The van der Waals surface area contributed by atoms with Gasteiger partial charge in [0.25, 0.3) is 11.8 Å². The van der Waals surface area contributed by atoms with E-state index in [-0.39, 0.29) is 42.7 Å². The van der Waals surface area contributed by atoms with E-state index in [2.05, 4.69) is 0 Å². The van der Waals surface area contributed by atoms with Gasteiger partial charge in [0.2, 0.25) is 5.54 Å². The number of ketones is 1. The molecule has 1 aromatic carbocycles. The van der Waals surface area contributed by atoms with Crippen LogP contribution in [0, 0.1) is 11.3 Å². The summed E-state index contributed by atoms with van der Waals surface area (Å²) < 4.78 is 50.4. The highest BCUT2D eigenvalue weighted by molar-refractivity contribution is 6.14. The molecule has 0 spiro atoms. The van der Waals surface area contributed by atoms with Crippen LogP contribution >= 0.6 is 0 Å². The van der Waals surface area contributed by atoms with Crippen molar-refractivity contribution in [3.63, 3.8) is 0 Å². The second-order valence-electron chi connectivity index (χ2n) is 11.6. The van der Waals surface area contributed by atoms with Crippen molar-refractivity contribution in [2.45, 2.75) is 90.5 Å². The lowest BCUT2D eigenvalue weighted by Gasteiger charge is -2.35. The molecule has 1 atom stereocenters. The quantitative estimate of drug-likeness (QED) is 0.532.